The molecule has 0 bridgehead atoms. The van der Waals surface area contributed by atoms with Crippen LogP contribution < -0.4 is 10.6 Å². The Labute approximate surface area is 153 Å². The van der Waals surface area contributed by atoms with Crippen LogP contribution in [0.25, 0.3) is 0 Å². The highest BCUT2D eigenvalue weighted by Gasteiger charge is 2.35. The molecule has 0 aliphatic heterocycles. The van der Waals surface area contributed by atoms with Crippen molar-refractivity contribution in [1.29, 1.82) is 0 Å². The Kier molecular flexibility index (Phi) is 6.26. The van der Waals surface area contributed by atoms with Crippen molar-refractivity contribution in [3.63, 3.8) is 0 Å². The van der Waals surface area contributed by atoms with Crippen molar-refractivity contribution < 1.29 is 40.3 Å². The number of hydrogen-bond donors (Lipinski definition) is 2. The maximum atomic E-state index is 13.5. The number of carbonyl (C=O) groups excluding carboxylic acids is 2. The van der Waals surface area contributed by atoms with Crippen molar-refractivity contribution in [1.82, 2.24) is 5.32 Å². The van der Waals surface area contributed by atoms with Gasteiger partial charge >= 0.3 is 12.2 Å². The summed E-state index contributed by atoms with van der Waals surface area (Å²) in [6, 6.07) is 2.10. The first-order valence-corrected chi connectivity index (χ1v) is 7.49. The molecule has 0 saturated carbocycles. The van der Waals surface area contributed by atoms with E-state index in [-0.39, 0.29) is 0 Å². The van der Waals surface area contributed by atoms with E-state index in [1.165, 1.54) is 5.32 Å². The number of imide groups is 1. The Hall–Kier alpha value is -3.11. The zero-order valence-corrected chi connectivity index (χ0v) is 13.8. The summed E-state index contributed by atoms with van der Waals surface area (Å²) in [6.07, 6.45) is -5.04. The number of urea groups is 1. The normalized spacial score (nSPS) is 11.2. The number of alkyl halides is 5. The van der Waals surface area contributed by atoms with E-state index < -0.39 is 71.0 Å². The fourth-order valence-electron chi connectivity index (χ4n) is 2.35. The van der Waals surface area contributed by atoms with Gasteiger partial charge in [0.2, 0.25) is 0 Å². The molecule has 0 saturated heterocycles. The Morgan fingerprint density at radius 1 is 0.964 bits per heavy atom. The van der Waals surface area contributed by atoms with Crippen LogP contribution in [0.15, 0.2) is 30.3 Å². The molecule has 0 spiro atoms. The molecular weight excluding hydrogens is 397 g/mol. The summed E-state index contributed by atoms with van der Waals surface area (Å²) < 4.78 is 92.2. The summed E-state index contributed by atoms with van der Waals surface area (Å²) >= 11 is 0. The van der Waals surface area contributed by atoms with Crippen molar-refractivity contribution in [2.45, 2.75) is 19.5 Å². The van der Waals surface area contributed by atoms with Crippen LogP contribution in [0.3, 0.4) is 0 Å². The van der Waals surface area contributed by atoms with Gasteiger partial charge in [0.25, 0.3) is 5.91 Å². The lowest BCUT2D eigenvalue weighted by Crippen LogP contribution is -2.35. The molecular formula is C17H11F7N2O2. The van der Waals surface area contributed by atoms with E-state index in [1.807, 2.05) is 0 Å². The molecule has 0 unspecified atom stereocenters. The minimum atomic E-state index is -5.04. The highest BCUT2D eigenvalue weighted by atomic mass is 19.4. The van der Waals surface area contributed by atoms with Crippen LogP contribution in [0, 0.1) is 11.6 Å². The third-order valence-corrected chi connectivity index (χ3v) is 3.57. The van der Waals surface area contributed by atoms with Gasteiger partial charge in [-0.05, 0) is 29.8 Å². The van der Waals surface area contributed by atoms with Crippen molar-refractivity contribution in [2.24, 2.45) is 0 Å². The number of anilines is 1. The number of nitrogens with one attached hydrogen (secondary N) is 2. The van der Waals surface area contributed by atoms with Crippen LogP contribution in [0.5, 0.6) is 0 Å². The zero-order chi connectivity index (χ0) is 21.1. The van der Waals surface area contributed by atoms with Gasteiger partial charge in [-0.2, -0.15) is 13.2 Å². The highest BCUT2D eigenvalue weighted by molar-refractivity contribution is 6.08. The third-order valence-electron chi connectivity index (χ3n) is 3.57. The predicted molar refractivity (Wildman–Crippen MR) is 83.9 cm³/mol. The average Bonchev–Trinajstić information content (AvgIpc) is 2.59. The topological polar surface area (TPSA) is 58.2 Å². The maximum absolute atomic E-state index is 13.5. The number of hydrogen-bond acceptors (Lipinski definition) is 2. The molecule has 0 aromatic heterocycles. The smallest absolute Gasteiger partial charge is 0.307 e. The van der Waals surface area contributed by atoms with Crippen molar-refractivity contribution in [2.75, 3.05) is 5.32 Å². The summed E-state index contributed by atoms with van der Waals surface area (Å²) in [5, 5.41) is 3.27. The van der Waals surface area contributed by atoms with Crippen LogP contribution in [-0.4, -0.2) is 11.9 Å². The SMILES string of the molecule is O=C(NC(=O)c1c(F)cccc1F)Nc1cc(CF)cc(C(F)(F)F)c1CF. The van der Waals surface area contributed by atoms with E-state index >= 15 is 0 Å². The molecule has 0 radical (unpaired) electrons. The molecule has 2 aromatic carbocycles. The van der Waals surface area contributed by atoms with Gasteiger partial charge in [0.1, 0.15) is 30.5 Å². The molecule has 0 atom stereocenters. The number of rotatable bonds is 4. The first-order valence-electron chi connectivity index (χ1n) is 7.49. The van der Waals surface area contributed by atoms with Crippen LogP contribution in [0.1, 0.15) is 27.0 Å². The quantitative estimate of drug-likeness (QED) is 0.709. The van der Waals surface area contributed by atoms with Crippen molar-refractivity contribution >= 4 is 17.6 Å². The van der Waals surface area contributed by atoms with Gasteiger partial charge in [-0.15, -0.1) is 0 Å². The second kappa shape index (κ2) is 8.28. The first-order chi connectivity index (χ1) is 13.1. The molecule has 0 aliphatic carbocycles. The van der Waals surface area contributed by atoms with Crippen molar-refractivity contribution in [3.8, 4) is 0 Å². The Balaban J connectivity index is 2.32. The standard InChI is InChI=1S/C17H11F7N2O2/c18-6-8-4-10(17(22,23)24)9(7-19)13(5-8)25-16(28)26-15(27)14-11(20)2-1-3-12(14)21/h1-5H,6-7H2,(H2,25,26,27,28). The fraction of sp³-hybridized carbons (Fsp3) is 0.176. The lowest BCUT2D eigenvalue weighted by molar-refractivity contribution is -0.138. The van der Waals surface area contributed by atoms with Crippen LogP contribution in [-0.2, 0) is 19.5 Å². The van der Waals surface area contributed by atoms with E-state index in [0.717, 1.165) is 24.3 Å². The molecule has 11 heteroatoms. The minimum Gasteiger partial charge on any atom is -0.307 e. The minimum absolute atomic E-state index is 0.387. The summed E-state index contributed by atoms with van der Waals surface area (Å²) in [5.41, 5.74) is -4.86. The summed E-state index contributed by atoms with van der Waals surface area (Å²) in [6.45, 7) is -3.00. The summed E-state index contributed by atoms with van der Waals surface area (Å²) in [4.78, 5) is 23.7. The number of benzene rings is 2. The van der Waals surface area contributed by atoms with Crippen LogP contribution in [0.4, 0.5) is 41.2 Å². The Bertz CT molecular complexity index is 893. The number of halogens is 7. The molecule has 150 valence electrons. The first kappa shape index (κ1) is 21.2. The number of amides is 3. The lowest BCUT2D eigenvalue weighted by atomic mass is 10.0. The van der Waals surface area contributed by atoms with Crippen molar-refractivity contribution in [3.05, 3.63) is 64.2 Å². The fourth-order valence-corrected chi connectivity index (χ4v) is 2.35. The molecule has 2 rings (SSSR count). The van der Waals surface area contributed by atoms with E-state index in [9.17, 15) is 40.3 Å². The molecule has 0 heterocycles. The highest BCUT2D eigenvalue weighted by Crippen LogP contribution is 2.37. The van der Waals surface area contributed by atoms with Gasteiger partial charge in [-0.1, -0.05) is 6.07 Å². The van der Waals surface area contributed by atoms with Gasteiger partial charge in [-0.3, -0.25) is 10.1 Å². The second-order valence-corrected chi connectivity index (χ2v) is 5.44. The molecule has 2 N–H and O–H groups in total. The zero-order valence-electron chi connectivity index (χ0n) is 13.8. The maximum Gasteiger partial charge on any atom is 0.416 e. The van der Waals surface area contributed by atoms with E-state index in [1.54, 1.807) is 5.32 Å². The molecule has 4 nitrogen and oxygen atoms in total. The van der Waals surface area contributed by atoms with Gasteiger partial charge in [-0.25, -0.2) is 22.4 Å². The van der Waals surface area contributed by atoms with Crippen LogP contribution >= 0.6 is 0 Å². The molecule has 3 amide bonds. The Morgan fingerprint density at radius 3 is 2.07 bits per heavy atom. The van der Waals surface area contributed by atoms with E-state index in [0.29, 0.717) is 6.07 Å². The van der Waals surface area contributed by atoms with E-state index in [2.05, 4.69) is 0 Å². The Morgan fingerprint density at radius 2 is 1.57 bits per heavy atom. The van der Waals surface area contributed by atoms with E-state index in [4.69, 9.17) is 0 Å². The number of carbonyl (C=O) groups is 2. The molecule has 0 aliphatic rings. The van der Waals surface area contributed by atoms with Gasteiger partial charge in [0.15, 0.2) is 0 Å². The second-order valence-electron chi connectivity index (χ2n) is 5.44. The summed E-state index contributed by atoms with van der Waals surface area (Å²) in [7, 11) is 0. The largest absolute Gasteiger partial charge is 0.416 e. The molecule has 2 aromatic rings. The van der Waals surface area contributed by atoms with Gasteiger partial charge in [0, 0.05) is 11.3 Å². The van der Waals surface area contributed by atoms with Gasteiger partial charge in [0.05, 0.1) is 5.56 Å². The summed E-state index contributed by atoms with van der Waals surface area (Å²) in [5.74, 6) is -4.09. The monoisotopic (exact) mass is 408 g/mol. The predicted octanol–water partition coefficient (Wildman–Crippen LogP) is 4.88. The molecule has 28 heavy (non-hydrogen) atoms. The lowest BCUT2D eigenvalue weighted by Gasteiger charge is -2.17. The molecule has 0 fully saturated rings. The van der Waals surface area contributed by atoms with Crippen LogP contribution in [0.2, 0.25) is 0 Å². The van der Waals surface area contributed by atoms with Gasteiger partial charge < -0.3 is 5.32 Å². The third kappa shape index (κ3) is 4.59. The average molecular weight is 408 g/mol.